The van der Waals surface area contributed by atoms with Gasteiger partial charge in [-0.3, -0.25) is 9.88 Å². The minimum absolute atomic E-state index is 0.172. The molecule has 0 radical (unpaired) electrons. The SMILES string of the molecule is CN1CCC(=C2c3ccccc3Sc3ccccc32)CC1.COC12CC(COC(=O)c3cncc(Br)c3)CN(C)C1Cc1cn(C)c3cccc2c13.O=C(O)C=CC(=O)O. The van der Waals surface area contributed by atoms with E-state index in [9.17, 15) is 14.4 Å². The van der Waals surface area contributed by atoms with Gasteiger partial charge in [0.05, 0.1) is 12.2 Å². The van der Waals surface area contributed by atoms with E-state index in [4.69, 9.17) is 19.7 Å². The molecule has 60 heavy (non-hydrogen) atoms. The van der Waals surface area contributed by atoms with E-state index in [1.807, 2.05) is 18.9 Å². The average molecular weight is 894 g/mol. The number of carbonyl (C=O) groups excluding carboxylic acids is 1. The number of aryl methyl sites for hydroxylation is 1. The van der Waals surface area contributed by atoms with Crippen molar-refractivity contribution in [1.82, 2.24) is 19.4 Å². The molecule has 5 heterocycles. The summed E-state index contributed by atoms with van der Waals surface area (Å²) in [4.78, 5) is 43.3. The molecule has 9 rings (SSSR count). The molecule has 312 valence electrons. The van der Waals surface area contributed by atoms with Gasteiger partial charge in [0, 0.05) is 102 Å². The van der Waals surface area contributed by atoms with Crippen molar-refractivity contribution in [3.05, 3.63) is 141 Å². The molecule has 0 amide bonds. The van der Waals surface area contributed by atoms with Crippen molar-refractivity contribution in [3.63, 3.8) is 0 Å². The molecule has 0 bridgehead atoms. The summed E-state index contributed by atoms with van der Waals surface area (Å²) in [6.45, 7) is 3.57. The van der Waals surface area contributed by atoms with Crippen LogP contribution in [0.1, 0.15) is 51.9 Å². The Kier molecular flexibility index (Phi) is 13.4. The van der Waals surface area contributed by atoms with Crippen LogP contribution in [-0.2, 0) is 38.1 Å². The fourth-order valence-corrected chi connectivity index (χ4v) is 10.5. The van der Waals surface area contributed by atoms with E-state index in [1.54, 1.807) is 17.8 Å². The first-order chi connectivity index (χ1) is 28.9. The molecule has 1 aliphatic carbocycles. The third kappa shape index (κ3) is 9.15. The predicted molar refractivity (Wildman–Crippen MR) is 236 cm³/mol. The smallest absolute Gasteiger partial charge is 0.339 e. The van der Waals surface area contributed by atoms with Crippen LogP contribution < -0.4 is 0 Å². The van der Waals surface area contributed by atoms with Gasteiger partial charge >= 0.3 is 17.9 Å². The second-order valence-electron chi connectivity index (χ2n) is 15.7. The number of carboxylic acids is 2. The van der Waals surface area contributed by atoms with Crippen LogP contribution in [0.4, 0.5) is 0 Å². The van der Waals surface area contributed by atoms with Gasteiger partial charge in [-0.15, -0.1) is 0 Å². The van der Waals surface area contributed by atoms with Crippen molar-refractivity contribution in [2.75, 3.05) is 47.4 Å². The number of esters is 1. The van der Waals surface area contributed by atoms with Crippen LogP contribution in [-0.4, -0.2) is 101 Å². The number of piperidine rings is 2. The zero-order chi connectivity index (χ0) is 42.6. The van der Waals surface area contributed by atoms with Crippen LogP contribution in [0.5, 0.6) is 0 Å². The number of carboxylic acid groups (broad SMARTS) is 2. The van der Waals surface area contributed by atoms with E-state index < -0.39 is 17.5 Å². The summed E-state index contributed by atoms with van der Waals surface area (Å²) in [5, 5.41) is 16.9. The van der Waals surface area contributed by atoms with Crippen molar-refractivity contribution < 1.29 is 34.1 Å². The first kappa shape index (κ1) is 43.1. The van der Waals surface area contributed by atoms with Gasteiger partial charge in [0.2, 0.25) is 0 Å². The number of halogens is 1. The zero-order valence-electron chi connectivity index (χ0n) is 34.1. The summed E-state index contributed by atoms with van der Waals surface area (Å²) in [7, 11) is 8.29. The first-order valence-electron chi connectivity index (χ1n) is 19.9. The number of benzene rings is 3. The molecule has 13 heteroatoms. The largest absolute Gasteiger partial charge is 0.478 e. The van der Waals surface area contributed by atoms with Gasteiger partial charge < -0.3 is 29.2 Å². The van der Waals surface area contributed by atoms with Crippen molar-refractivity contribution >= 4 is 62.1 Å². The molecular formula is C47H49BrN4O7S. The highest BCUT2D eigenvalue weighted by atomic mass is 79.9. The van der Waals surface area contributed by atoms with Gasteiger partial charge in [0.1, 0.15) is 5.60 Å². The summed E-state index contributed by atoms with van der Waals surface area (Å²) in [6, 6.07) is 26.2. The fraction of sp³-hybridized carbons (Fsp3) is 0.319. The van der Waals surface area contributed by atoms with Crippen LogP contribution >= 0.6 is 27.7 Å². The average Bonchev–Trinajstić information content (AvgIpc) is 3.57. The molecule has 3 atom stereocenters. The van der Waals surface area contributed by atoms with Crippen LogP contribution in [0.2, 0.25) is 0 Å². The molecule has 0 saturated carbocycles. The minimum atomic E-state index is -1.26. The second-order valence-corrected chi connectivity index (χ2v) is 17.7. The highest BCUT2D eigenvalue weighted by Gasteiger charge is 2.52. The zero-order valence-corrected chi connectivity index (χ0v) is 36.5. The number of fused-ring (bicyclic) bond motifs is 4. The normalized spacial score (nSPS) is 20.8. The molecule has 5 aromatic rings. The van der Waals surface area contributed by atoms with E-state index in [0.29, 0.717) is 24.3 Å². The van der Waals surface area contributed by atoms with Gasteiger partial charge in [0.25, 0.3) is 0 Å². The molecule has 3 unspecified atom stereocenters. The minimum Gasteiger partial charge on any atom is -0.478 e. The number of ether oxygens (including phenoxy) is 2. The van der Waals surface area contributed by atoms with E-state index in [0.717, 1.165) is 23.9 Å². The summed E-state index contributed by atoms with van der Waals surface area (Å²) in [6.07, 6.45) is 10.7. The molecule has 2 N–H and O–H groups in total. The number of likely N-dealkylation sites (tertiary alicyclic amines) is 2. The predicted octanol–water partition coefficient (Wildman–Crippen LogP) is 8.30. The standard InChI is InChI=1S/C24H26BrN3O3.C19H19NS.C4H4O4/c1-27-13-17-8-21-24(30-3,19-5-4-6-20(27)22(17)19)9-15(12-28(21)2)14-31-23(29)16-7-18(25)11-26-10-16;1-20-12-10-14(11-13-20)19-15-6-2-4-8-17(15)21-18-9-5-3-7-16(18)19;5-3(6)1-2-4(7)8/h4-7,10-11,13,15,21H,8-9,12,14H2,1-3H3;2-9H,10-13H2,1H3;1-2H,(H,5,6)(H,7,8). The molecule has 2 aromatic heterocycles. The van der Waals surface area contributed by atoms with Gasteiger partial charge in [-0.05, 0) is 108 Å². The lowest BCUT2D eigenvalue weighted by molar-refractivity contribution is -0.134. The molecular weight excluding hydrogens is 845 g/mol. The Morgan fingerprint density at radius 3 is 2.18 bits per heavy atom. The monoisotopic (exact) mass is 892 g/mol. The summed E-state index contributed by atoms with van der Waals surface area (Å²) in [5.74, 6) is -2.69. The summed E-state index contributed by atoms with van der Waals surface area (Å²) in [5.41, 5.74) is 9.90. The molecule has 2 saturated heterocycles. The summed E-state index contributed by atoms with van der Waals surface area (Å²) < 4.78 is 15.0. The highest BCUT2D eigenvalue weighted by molar-refractivity contribution is 9.10. The number of rotatable bonds is 6. The van der Waals surface area contributed by atoms with Crippen LogP contribution in [0, 0.1) is 5.92 Å². The number of hydrogen-bond donors (Lipinski definition) is 2. The van der Waals surface area contributed by atoms with Gasteiger partial charge in [-0.25, -0.2) is 14.4 Å². The van der Waals surface area contributed by atoms with Crippen molar-refractivity contribution in [1.29, 1.82) is 0 Å². The van der Waals surface area contributed by atoms with Crippen LogP contribution in [0.3, 0.4) is 0 Å². The quantitative estimate of drug-likeness (QED) is 0.124. The molecule has 3 aromatic carbocycles. The fourth-order valence-electron chi connectivity index (χ4n) is 9.08. The number of hydrogen-bond acceptors (Lipinski definition) is 9. The Morgan fingerprint density at radius 1 is 0.917 bits per heavy atom. The number of likely N-dealkylation sites (N-methyl/N-ethyl adjacent to an activating group) is 1. The Labute approximate surface area is 362 Å². The topological polar surface area (TPSA) is 134 Å². The van der Waals surface area contributed by atoms with Gasteiger partial charge in [-0.2, -0.15) is 0 Å². The number of carbonyl (C=O) groups is 3. The first-order valence-corrected chi connectivity index (χ1v) is 21.5. The third-order valence-corrected chi connectivity index (χ3v) is 13.4. The van der Waals surface area contributed by atoms with Crippen molar-refractivity contribution in [2.45, 2.75) is 47.1 Å². The maximum Gasteiger partial charge on any atom is 0.339 e. The summed E-state index contributed by atoms with van der Waals surface area (Å²) >= 11 is 5.26. The Bertz CT molecular complexity index is 2410. The second kappa shape index (κ2) is 18.7. The number of pyridine rings is 1. The maximum absolute atomic E-state index is 12.5. The molecule has 11 nitrogen and oxygen atoms in total. The van der Waals surface area contributed by atoms with E-state index in [-0.39, 0.29) is 17.9 Å². The Hall–Kier alpha value is -5.05. The number of aromatic nitrogens is 2. The number of nitrogens with zero attached hydrogens (tertiary/aromatic N) is 4. The van der Waals surface area contributed by atoms with Crippen LogP contribution in [0.15, 0.2) is 123 Å². The maximum atomic E-state index is 12.5. The highest BCUT2D eigenvalue weighted by Crippen LogP contribution is 2.50. The number of aliphatic carboxylic acids is 2. The van der Waals surface area contributed by atoms with E-state index >= 15 is 0 Å². The van der Waals surface area contributed by atoms with Gasteiger partial charge in [0.15, 0.2) is 0 Å². The van der Waals surface area contributed by atoms with Crippen molar-refractivity contribution in [2.24, 2.45) is 13.0 Å². The third-order valence-electron chi connectivity index (χ3n) is 11.8. The Morgan fingerprint density at radius 2 is 1.57 bits per heavy atom. The lowest BCUT2D eigenvalue weighted by Crippen LogP contribution is -2.59. The molecule has 2 fully saturated rings. The van der Waals surface area contributed by atoms with Crippen molar-refractivity contribution in [3.8, 4) is 0 Å². The van der Waals surface area contributed by atoms with Gasteiger partial charge in [-0.1, -0.05) is 65.9 Å². The number of methoxy groups -OCH3 is 1. The molecule has 3 aliphatic heterocycles. The molecule has 4 aliphatic rings. The lowest BCUT2D eigenvalue weighted by Gasteiger charge is -2.53. The Balaban J connectivity index is 0.000000161. The lowest BCUT2D eigenvalue weighted by atomic mass is 9.69. The van der Waals surface area contributed by atoms with E-state index in [1.165, 1.54) is 80.6 Å². The molecule has 0 spiro atoms. The van der Waals surface area contributed by atoms with E-state index in [2.05, 4.69) is 129 Å². The van der Waals surface area contributed by atoms with Crippen LogP contribution in [0.25, 0.3) is 16.5 Å².